The molecule has 1 aromatic carbocycles. The van der Waals surface area contributed by atoms with Crippen molar-refractivity contribution in [1.82, 2.24) is 10.2 Å². The van der Waals surface area contributed by atoms with Gasteiger partial charge in [0.1, 0.15) is 12.1 Å². The van der Waals surface area contributed by atoms with Crippen molar-refractivity contribution in [3.8, 4) is 0 Å². The Morgan fingerprint density at radius 1 is 1.14 bits per heavy atom. The number of thiophene rings is 1. The number of anilines is 1. The third kappa shape index (κ3) is 2.64. The summed E-state index contributed by atoms with van der Waals surface area (Å²) in [6.07, 6.45) is 5.59. The molecular weight excluding hydrogens is 374 g/mol. The fourth-order valence-corrected chi connectivity index (χ4v) is 5.68. The molecule has 1 fully saturated rings. The van der Waals surface area contributed by atoms with Crippen molar-refractivity contribution in [2.45, 2.75) is 44.1 Å². The Balaban J connectivity index is 1.33. The lowest BCUT2D eigenvalue weighted by molar-refractivity contribution is -0.134. The third-order valence-corrected chi connectivity index (χ3v) is 7.00. The Morgan fingerprint density at radius 2 is 2.00 bits per heavy atom. The van der Waals surface area contributed by atoms with Gasteiger partial charge in [-0.05, 0) is 73.2 Å². The number of benzene rings is 1. The number of nitrogens with one attached hydrogen (secondary N) is 2. The van der Waals surface area contributed by atoms with E-state index in [0.717, 1.165) is 47.4 Å². The summed E-state index contributed by atoms with van der Waals surface area (Å²) in [4.78, 5) is 40.4. The van der Waals surface area contributed by atoms with Crippen LogP contribution in [0, 0.1) is 0 Å². The minimum atomic E-state index is -1.00. The van der Waals surface area contributed by atoms with Crippen LogP contribution in [0.5, 0.6) is 0 Å². The first-order valence-electron chi connectivity index (χ1n) is 9.69. The summed E-state index contributed by atoms with van der Waals surface area (Å²) in [5.41, 5.74) is 3.20. The number of carbonyl (C=O) groups excluding carboxylic acids is 3. The first-order chi connectivity index (χ1) is 13.6. The molecule has 144 valence electrons. The van der Waals surface area contributed by atoms with Crippen molar-refractivity contribution in [1.29, 1.82) is 0 Å². The van der Waals surface area contributed by atoms with Crippen molar-refractivity contribution in [2.24, 2.45) is 0 Å². The first-order valence-corrected chi connectivity index (χ1v) is 10.6. The van der Waals surface area contributed by atoms with E-state index in [4.69, 9.17) is 0 Å². The molecule has 5 rings (SSSR count). The molecule has 1 spiro atoms. The minimum Gasteiger partial charge on any atom is -0.325 e. The molecule has 6 nitrogen and oxygen atoms in total. The lowest BCUT2D eigenvalue weighted by Crippen LogP contribution is -2.46. The van der Waals surface area contributed by atoms with Gasteiger partial charge in [0.15, 0.2) is 0 Å². The molecule has 2 aromatic rings. The third-order valence-electron chi connectivity index (χ3n) is 6.02. The van der Waals surface area contributed by atoms with Gasteiger partial charge in [0, 0.05) is 16.1 Å². The summed E-state index contributed by atoms with van der Waals surface area (Å²) in [6, 6.07) is 7.35. The molecule has 2 aliphatic carbocycles. The van der Waals surface area contributed by atoms with Crippen LogP contribution in [0.25, 0.3) is 0 Å². The highest BCUT2D eigenvalue weighted by molar-refractivity contribution is 7.10. The number of aryl methyl sites for hydroxylation is 3. The molecule has 28 heavy (non-hydrogen) atoms. The van der Waals surface area contributed by atoms with Gasteiger partial charge in [-0.15, -0.1) is 11.3 Å². The van der Waals surface area contributed by atoms with E-state index in [0.29, 0.717) is 12.1 Å². The quantitative estimate of drug-likeness (QED) is 0.785. The Morgan fingerprint density at radius 3 is 2.89 bits per heavy atom. The number of hydrogen-bond acceptors (Lipinski definition) is 4. The number of hydrogen-bond donors (Lipinski definition) is 2. The monoisotopic (exact) mass is 395 g/mol. The predicted octanol–water partition coefficient (Wildman–Crippen LogP) is 2.96. The van der Waals surface area contributed by atoms with Gasteiger partial charge in [-0.1, -0.05) is 6.07 Å². The number of rotatable bonds is 3. The summed E-state index contributed by atoms with van der Waals surface area (Å²) in [7, 11) is 0. The predicted molar refractivity (Wildman–Crippen MR) is 106 cm³/mol. The molecule has 1 saturated heterocycles. The topological polar surface area (TPSA) is 78.5 Å². The van der Waals surface area contributed by atoms with Gasteiger partial charge in [0.05, 0.1) is 0 Å². The number of amides is 4. The van der Waals surface area contributed by atoms with E-state index in [1.165, 1.54) is 11.1 Å². The second-order valence-electron chi connectivity index (χ2n) is 7.72. The highest BCUT2D eigenvalue weighted by Crippen LogP contribution is 2.42. The standard InChI is InChI=1S/C21H21N3O3S/c25-18(22-15-7-6-13-3-1-4-14(13)11-15)12-24-19(26)21(23-20(24)27)9-2-5-17-16(21)8-10-28-17/h6-8,10-11H,1-5,9,12H2,(H,22,25)(H,23,27)/t21-/m0/s1. The van der Waals surface area contributed by atoms with Gasteiger partial charge in [0.25, 0.3) is 5.91 Å². The van der Waals surface area contributed by atoms with Crippen LogP contribution in [-0.4, -0.2) is 29.3 Å². The zero-order valence-corrected chi connectivity index (χ0v) is 16.2. The highest BCUT2D eigenvalue weighted by atomic mass is 32.1. The van der Waals surface area contributed by atoms with Crippen LogP contribution < -0.4 is 10.6 Å². The van der Waals surface area contributed by atoms with Gasteiger partial charge in [-0.2, -0.15) is 0 Å². The highest BCUT2D eigenvalue weighted by Gasteiger charge is 2.54. The molecule has 2 N–H and O–H groups in total. The van der Waals surface area contributed by atoms with E-state index in [-0.39, 0.29) is 18.4 Å². The van der Waals surface area contributed by atoms with Crippen LogP contribution in [0.2, 0.25) is 0 Å². The van der Waals surface area contributed by atoms with E-state index >= 15 is 0 Å². The maximum absolute atomic E-state index is 13.2. The van der Waals surface area contributed by atoms with Gasteiger partial charge in [0.2, 0.25) is 5.91 Å². The van der Waals surface area contributed by atoms with Crippen molar-refractivity contribution < 1.29 is 14.4 Å². The van der Waals surface area contributed by atoms with E-state index in [1.807, 2.05) is 29.6 Å². The fourth-order valence-electron chi connectivity index (χ4n) is 4.68. The lowest BCUT2D eigenvalue weighted by atomic mass is 9.80. The Kier molecular flexibility index (Phi) is 4.01. The van der Waals surface area contributed by atoms with E-state index in [9.17, 15) is 14.4 Å². The first kappa shape index (κ1) is 17.4. The Bertz CT molecular complexity index is 999. The number of imide groups is 1. The average molecular weight is 395 g/mol. The van der Waals surface area contributed by atoms with Gasteiger partial charge in [-0.3, -0.25) is 14.5 Å². The molecular formula is C21H21N3O3S. The summed E-state index contributed by atoms with van der Waals surface area (Å²) in [5, 5.41) is 7.67. The molecule has 0 saturated carbocycles. The van der Waals surface area contributed by atoms with Crippen LogP contribution in [0.15, 0.2) is 29.6 Å². The van der Waals surface area contributed by atoms with E-state index in [2.05, 4.69) is 10.6 Å². The lowest BCUT2D eigenvalue weighted by Gasteiger charge is -2.31. The molecule has 1 aromatic heterocycles. The van der Waals surface area contributed by atoms with Gasteiger partial charge >= 0.3 is 6.03 Å². The second kappa shape index (κ2) is 6.44. The number of fused-ring (bicyclic) bond motifs is 3. The zero-order chi connectivity index (χ0) is 19.3. The summed E-state index contributed by atoms with van der Waals surface area (Å²) in [6.45, 7) is -0.275. The number of carbonyl (C=O) groups is 3. The van der Waals surface area contributed by atoms with Crippen molar-refractivity contribution in [3.05, 3.63) is 51.2 Å². The maximum atomic E-state index is 13.2. The van der Waals surface area contributed by atoms with Crippen LogP contribution in [-0.2, 0) is 34.4 Å². The maximum Gasteiger partial charge on any atom is 0.325 e. The van der Waals surface area contributed by atoms with Gasteiger partial charge in [-0.25, -0.2) is 4.79 Å². The number of urea groups is 1. The summed E-state index contributed by atoms with van der Waals surface area (Å²) >= 11 is 1.61. The summed E-state index contributed by atoms with van der Waals surface area (Å²) < 4.78 is 0. The molecule has 0 bridgehead atoms. The van der Waals surface area contributed by atoms with Gasteiger partial charge < -0.3 is 10.6 Å². The summed E-state index contributed by atoms with van der Waals surface area (Å²) in [5.74, 6) is -0.680. The van der Waals surface area contributed by atoms with Crippen LogP contribution in [0.1, 0.15) is 40.8 Å². The second-order valence-corrected chi connectivity index (χ2v) is 8.72. The molecule has 3 aliphatic rings. The fraction of sp³-hybridized carbons (Fsp3) is 0.381. The van der Waals surface area contributed by atoms with Crippen LogP contribution >= 0.6 is 11.3 Å². The molecule has 1 aliphatic heterocycles. The van der Waals surface area contributed by atoms with Crippen LogP contribution in [0.3, 0.4) is 0 Å². The molecule has 0 radical (unpaired) electrons. The van der Waals surface area contributed by atoms with Crippen molar-refractivity contribution >= 4 is 34.9 Å². The number of nitrogens with zero attached hydrogens (tertiary/aromatic N) is 1. The van der Waals surface area contributed by atoms with E-state index < -0.39 is 11.6 Å². The largest absolute Gasteiger partial charge is 0.325 e. The smallest absolute Gasteiger partial charge is 0.325 e. The normalized spacial score (nSPS) is 22.9. The Labute approximate surface area is 166 Å². The molecule has 4 amide bonds. The molecule has 7 heteroatoms. The van der Waals surface area contributed by atoms with E-state index in [1.54, 1.807) is 11.3 Å². The molecule has 0 unspecified atom stereocenters. The van der Waals surface area contributed by atoms with Crippen molar-refractivity contribution in [3.63, 3.8) is 0 Å². The Hall–Kier alpha value is -2.67. The zero-order valence-electron chi connectivity index (χ0n) is 15.4. The molecule has 2 heterocycles. The van der Waals surface area contributed by atoms with Crippen LogP contribution in [0.4, 0.5) is 10.5 Å². The average Bonchev–Trinajstić information content (AvgIpc) is 3.38. The van der Waals surface area contributed by atoms with Crippen molar-refractivity contribution in [2.75, 3.05) is 11.9 Å². The minimum absolute atomic E-state index is 0.275. The molecule has 1 atom stereocenters. The SMILES string of the molecule is O=C(CN1C(=O)N[C@]2(CCCc3sccc32)C1=O)Nc1ccc2c(c1)CCC2.